The molecule has 6 heteroatoms. The number of hydrogen-bond donors (Lipinski definition) is 2. The summed E-state index contributed by atoms with van der Waals surface area (Å²) < 4.78 is 10.8. The lowest BCUT2D eigenvalue weighted by Gasteiger charge is -2.25. The third-order valence-corrected chi connectivity index (χ3v) is 3.70. The first-order chi connectivity index (χ1) is 11.7. The third-order valence-electron chi connectivity index (χ3n) is 3.70. The zero-order chi connectivity index (χ0) is 16.9. The van der Waals surface area contributed by atoms with Gasteiger partial charge in [0.15, 0.2) is 6.10 Å². The number of anilines is 1. The quantitative estimate of drug-likeness (QED) is 0.882. The first kappa shape index (κ1) is 15.9. The molecule has 2 amide bonds. The van der Waals surface area contributed by atoms with E-state index in [1.165, 1.54) is 0 Å². The van der Waals surface area contributed by atoms with Gasteiger partial charge in [-0.3, -0.25) is 9.59 Å². The van der Waals surface area contributed by atoms with Gasteiger partial charge in [-0.15, -0.1) is 0 Å². The van der Waals surface area contributed by atoms with Gasteiger partial charge in [-0.25, -0.2) is 0 Å². The summed E-state index contributed by atoms with van der Waals surface area (Å²) in [6, 6.07) is 14.6. The van der Waals surface area contributed by atoms with Gasteiger partial charge in [-0.1, -0.05) is 24.3 Å². The average Bonchev–Trinajstić information content (AvgIpc) is 2.61. The maximum atomic E-state index is 12.1. The van der Waals surface area contributed by atoms with Crippen molar-refractivity contribution >= 4 is 17.5 Å². The zero-order valence-electron chi connectivity index (χ0n) is 13.2. The van der Waals surface area contributed by atoms with Crippen molar-refractivity contribution in [1.82, 2.24) is 5.32 Å². The Morgan fingerprint density at radius 1 is 1.25 bits per heavy atom. The lowest BCUT2D eigenvalue weighted by atomic mass is 10.1. The highest BCUT2D eigenvalue weighted by Gasteiger charge is 2.29. The Morgan fingerprint density at radius 3 is 2.92 bits per heavy atom. The predicted molar refractivity (Wildman–Crippen MR) is 88.9 cm³/mol. The van der Waals surface area contributed by atoms with Crippen LogP contribution in [0.2, 0.25) is 0 Å². The van der Waals surface area contributed by atoms with Crippen LogP contribution >= 0.6 is 0 Å². The Morgan fingerprint density at radius 2 is 2.08 bits per heavy atom. The van der Waals surface area contributed by atoms with Crippen LogP contribution in [0.1, 0.15) is 12.0 Å². The van der Waals surface area contributed by atoms with Crippen molar-refractivity contribution in [2.24, 2.45) is 0 Å². The summed E-state index contributed by atoms with van der Waals surface area (Å²) in [5.41, 5.74) is 1.54. The fourth-order valence-corrected chi connectivity index (χ4v) is 2.45. The number of fused-ring (bicyclic) bond motifs is 1. The van der Waals surface area contributed by atoms with Gasteiger partial charge in [0.05, 0.1) is 19.2 Å². The van der Waals surface area contributed by atoms with Crippen LogP contribution in [-0.4, -0.2) is 25.0 Å². The Hall–Kier alpha value is -3.02. The van der Waals surface area contributed by atoms with E-state index in [-0.39, 0.29) is 18.2 Å². The number of ether oxygens (including phenoxy) is 2. The molecule has 124 valence electrons. The van der Waals surface area contributed by atoms with E-state index in [0.717, 1.165) is 11.3 Å². The summed E-state index contributed by atoms with van der Waals surface area (Å²) in [6.45, 7) is 0.362. The second kappa shape index (κ2) is 7.04. The summed E-state index contributed by atoms with van der Waals surface area (Å²) >= 11 is 0. The van der Waals surface area contributed by atoms with Crippen molar-refractivity contribution in [3.8, 4) is 11.5 Å². The fourth-order valence-electron chi connectivity index (χ4n) is 2.45. The minimum atomic E-state index is -0.829. The van der Waals surface area contributed by atoms with Crippen LogP contribution in [0.15, 0.2) is 48.5 Å². The zero-order valence-corrected chi connectivity index (χ0v) is 13.2. The van der Waals surface area contributed by atoms with E-state index < -0.39 is 6.10 Å². The number of amides is 2. The molecule has 2 N–H and O–H groups in total. The lowest BCUT2D eigenvalue weighted by Crippen LogP contribution is -2.40. The molecule has 0 fully saturated rings. The van der Waals surface area contributed by atoms with Crippen LogP contribution in [0.4, 0.5) is 5.69 Å². The molecule has 2 aromatic rings. The molecule has 0 radical (unpaired) electrons. The molecule has 0 aromatic heterocycles. The summed E-state index contributed by atoms with van der Waals surface area (Å²) in [4.78, 5) is 24.1. The van der Waals surface area contributed by atoms with Gasteiger partial charge < -0.3 is 20.1 Å². The number of hydrogen-bond acceptors (Lipinski definition) is 4. The van der Waals surface area contributed by atoms with Crippen LogP contribution in [0.25, 0.3) is 0 Å². The molecule has 0 saturated carbocycles. The van der Waals surface area contributed by atoms with Crippen molar-refractivity contribution in [2.45, 2.75) is 19.1 Å². The van der Waals surface area contributed by atoms with E-state index in [4.69, 9.17) is 9.47 Å². The Balaban J connectivity index is 1.56. The molecule has 3 rings (SSSR count). The van der Waals surface area contributed by atoms with E-state index in [9.17, 15) is 9.59 Å². The molecular weight excluding hydrogens is 308 g/mol. The van der Waals surface area contributed by atoms with E-state index >= 15 is 0 Å². The maximum absolute atomic E-state index is 12.1. The molecule has 1 aliphatic heterocycles. The van der Waals surface area contributed by atoms with Crippen molar-refractivity contribution < 1.29 is 19.1 Å². The molecule has 1 aliphatic rings. The van der Waals surface area contributed by atoms with Crippen molar-refractivity contribution in [1.29, 1.82) is 0 Å². The largest absolute Gasteiger partial charge is 0.497 e. The highest BCUT2D eigenvalue weighted by Crippen LogP contribution is 2.29. The summed E-state index contributed by atoms with van der Waals surface area (Å²) in [6.07, 6.45) is -0.866. The third kappa shape index (κ3) is 3.65. The van der Waals surface area contributed by atoms with Gasteiger partial charge in [0, 0.05) is 6.54 Å². The van der Waals surface area contributed by atoms with Gasteiger partial charge in [0.2, 0.25) is 5.91 Å². The van der Waals surface area contributed by atoms with Gasteiger partial charge in [-0.05, 0) is 29.8 Å². The summed E-state index contributed by atoms with van der Waals surface area (Å²) in [7, 11) is 1.59. The second-order valence-electron chi connectivity index (χ2n) is 5.42. The molecule has 1 atom stereocenters. The minimum Gasteiger partial charge on any atom is -0.497 e. The van der Waals surface area contributed by atoms with E-state index in [2.05, 4.69) is 10.6 Å². The molecule has 24 heavy (non-hydrogen) atoms. The molecule has 0 bridgehead atoms. The van der Waals surface area contributed by atoms with Crippen LogP contribution in [-0.2, 0) is 16.1 Å². The second-order valence-corrected chi connectivity index (χ2v) is 5.42. The molecule has 0 saturated heterocycles. The number of methoxy groups -OCH3 is 1. The molecule has 0 unspecified atom stereocenters. The predicted octanol–water partition coefficient (Wildman–Crippen LogP) is 2.10. The topological polar surface area (TPSA) is 76.7 Å². The summed E-state index contributed by atoms with van der Waals surface area (Å²) in [5.74, 6) is 0.735. The number of nitrogens with one attached hydrogen (secondary N) is 2. The molecule has 1 heterocycles. The Kier molecular flexibility index (Phi) is 4.65. The molecule has 0 spiro atoms. The van der Waals surface area contributed by atoms with E-state index in [1.807, 2.05) is 36.4 Å². The standard InChI is InChI=1S/C18H18N2O4/c1-23-13-6-4-5-12(9-13)11-19-17(21)10-16-18(22)20-14-7-2-3-8-15(14)24-16/h2-9,16H,10-11H2,1H3,(H,19,21)(H,20,22)/t16-/m0/s1. The number of carbonyl (C=O) groups is 2. The minimum absolute atomic E-state index is 0.0376. The lowest BCUT2D eigenvalue weighted by molar-refractivity contribution is -0.130. The van der Waals surface area contributed by atoms with E-state index in [0.29, 0.717) is 18.0 Å². The number of para-hydroxylation sites is 2. The average molecular weight is 326 g/mol. The summed E-state index contributed by atoms with van der Waals surface area (Å²) in [5, 5.41) is 5.53. The normalized spacial score (nSPS) is 15.7. The van der Waals surface area contributed by atoms with Gasteiger partial charge in [0.25, 0.3) is 5.91 Å². The van der Waals surface area contributed by atoms with Crippen molar-refractivity contribution in [3.05, 3.63) is 54.1 Å². The van der Waals surface area contributed by atoms with Crippen LogP contribution in [0.3, 0.4) is 0 Å². The van der Waals surface area contributed by atoms with Crippen LogP contribution in [0.5, 0.6) is 11.5 Å². The monoisotopic (exact) mass is 326 g/mol. The fraction of sp³-hybridized carbons (Fsp3) is 0.222. The van der Waals surface area contributed by atoms with Gasteiger partial charge in [0.1, 0.15) is 11.5 Å². The van der Waals surface area contributed by atoms with Crippen molar-refractivity contribution in [2.75, 3.05) is 12.4 Å². The SMILES string of the molecule is COc1cccc(CNC(=O)C[C@@H]2Oc3ccccc3NC2=O)c1. The Bertz CT molecular complexity index is 760. The van der Waals surface area contributed by atoms with E-state index in [1.54, 1.807) is 19.2 Å². The number of benzene rings is 2. The van der Waals surface area contributed by atoms with Crippen LogP contribution in [0, 0.1) is 0 Å². The first-order valence-electron chi connectivity index (χ1n) is 7.62. The van der Waals surface area contributed by atoms with Crippen molar-refractivity contribution in [3.63, 3.8) is 0 Å². The Labute approximate surface area is 139 Å². The highest BCUT2D eigenvalue weighted by atomic mass is 16.5. The first-order valence-corrected chi connectivity index (χ1v) is 7.62. The van der Waals surface area contributed by atoms with Gasteiger partial charge >= 0.3 is 0 Å². The molecule has 0 aliphatic carbocycles. The number of rotatable bonds is 5. The highest BCUT2D eigenvalue weighted by molar-refractivity contribution is 5.99. The molecule has 2 aromatic carbocycles. The molecular formula is C18H18N2O4. The van der Waals surface area contributed by atoms with Crippen LogP contribution < -0.4 is 20.1 Å². The number of carbonyl (C=O) groups excluding carboxylic acids is 2. The maximum Gasteiger partial charge on any atom is 0.266 e. The smallest absolute Gasteiger partial charge is 0.266 e. The molecule has 6 nitrogen and oxygen atoms in total. The van der Waals surface area contributed by atoms with Gasteiger partial charge in [-0.2, -0.15) is 0 Å².